The fraction of sp³-hybridized carbons (Fsp3) is 0.438. The van der Waals surface area contributed by atoms with Crippen LogP contribution in [0.15, 0.2) is 29.8 Å². The van der Waals surface area contributed by atoms with Crippen LogP contribution < -0.4 is 5.73 Å². The summed E-state index contributed by atoms with van der Waals surface area (Å²) in [6.45, 7) is 2.85. The highest BCUT2D eigenvalue weighted by molar-refractivity contribution is 7.09. The Labute approximate surface area is 118 Å². The molecule has 2 aromatic rings. The van der Waals surface area contributed by atoms with Crippen LogP contribution in [-0.4, -0.2) is 11.5 Å². The van der Waals surface area contributed by atoms with Crippen molar-refractivity contribution in [1.29, 1.82) is 0 Å². The van der Waals surface area contributed by atoms with Crippen LogP contribution in [0.2, 0.25) is 0 Å². The molecule has 3 rings (SSSR count). The van der Waals surface area contributed by atoms with E-state index in [2.05, 4.69) is 36.2 Å². The summed E-state index contributed by atoms with van der Waals surface area (Å²) in [6, 6.07) is 8.81. The van der Waals surface area contributed by atoms with E-state index in [0.717, 1.165) is 19.4 Å². The molecule has 1 aromatic heterocycles. The van der Waals surface area contributed by atoms with E-state index in [0.29, 0.717) is 0 Å². The molecule has 0 bridgehead atoms. The Bertz CT molecular complexity index is 576. The van der Waals surface area contributed by atoms with Gasteiger partial charge in [-0.15, -0.1) is 11.3 Å². The van der Waals surface area contributed by atoms with Gasteiger partial charge >= 0.3 is 0 Å². The fourth-order valence-electron chi connectivity index (χ4n) is 3.26. The highest BCUT2D eigenvalue weighted by Crippen LogP contribution is 2.41. The van der Waals surface area contributed by atoms with E-state index in [4.69, 9.17) is 5.73 Å². The van der Waals surface area contributed by atoms with Crippen LogP contribution in [0.1, 0.15) is 34.5 Å². The van der Waals surface area contributed by atoms with Crippen LogP contribution in [-0.2, 0) is 18.3 Å². The summed E-state index contributed by atoms with van der Waals surface area (Å²) in [5, 5.41) is 0. The number of hydrogen-bond donors (Lipinski definition) is 1. The molecule has 1 aliphatic carbocycles. The molecule has 0 fully saturated rings. The van der Waals surface area contributed by atoms with E-state index < -0.39 is 0 Å². The highest BCUT2D eigenvalue weighted by Gasteiger charge is 2.36. The second kappa shape index (κ2) is 5.06. The summed E-state index contributed by atoms with van der Waals surface area (Å²) in [6.07, 6.45) is 4.61. The Balaban J connectivity index is 1.84. The molecule has 2 N–H and O–H groups in total. The number of nitrogens with zero attached hydrogens (tertiary/aromatic N) is 1. The summed E-state index contributed by atoms with van der Waals surface area (Å²) in [7, 11) is 0. The minimum absolute atomic E-state index is 0.188. The number of rotatable bonds is 4. The molecule has 19 heavy (non-hydrogen) atoms. The first-order valence-electron chi connectivity index (χ1n) is 6.92. The maximum atomic E-state index is 6.15. The van der Waals surface area contributed by atoms with E-state index in [1.54, 1.807) is 11.3 Å². The number of benzene rings is 1. The fourth-order valence-corrected chi connectivity index (χ4v) is 4.04. The van der Waals surface area contributed by atoms with Gasteiger partial charge in [0.15, 0.2) is 0 Å². The molecule has 100 valence electrons. The quantitative estimate of drug-likeness (QED) is 0.928. The van der Waals surface area contributed by atoms with Crippen LogP contribution in [0.3, 0.4) is 0 Å². The van der Waals surface area contributed by atoms with Gasteiger partial charge in [0.1, 0.15) is 0 Å². The molecule has 1 aromatic carbocycles. The third-order valence-electron chi connectivity index (χ3n) is 4.53. The molecule has 0 saturated carbocycles. The van der Waals surface area contributed by atoms with Crippen molar-refractivity contribution >= 4 is 11.3 Å². The Kier molecular flexibility index (Phi) is 3.42. The van der Waals surface area contributed by atoms with E-state index in [9.17, 15) is 0 Å². The Morgan fingerprint density at radius 3 is 2.95 bits per heavy atom. The van der Waals surface area contributed by atoms with Gasteiger partial charge in [-0.1, -0.05) is 24.3 Å². The van der Waals surface area contributed by atoms with Crippen LogP contribution in [0, 0.1) is 6.92 Å². The average molecular weight is 272 g/mol. The predicted molar refractivity (Wildman–Crippen MR) is 80.7 cm³/mol. The highest BCUT2D eigenvalue weighted by atomic mass is 32.1. The van der Waals surface area contributed by atoms with Crippen molar-refractivity contribution in [2.45, 2.75) is 38.0 Å². The van der Waals surface area contributed by atoms with Crippen LogP contribution in [0.5, 0.6) is 0 Å². The zero-order valence-corrected chi connectivity index (χ0v) is 12.2. The standard InChI is InChI=1S/C16H20N2S/c1-12-15(19-11-18-12)7-9-16(10-17)8-6-13-4-2-3-5-14(13)16/h2-5,11H,6-10,17H2,1H3. The first-order valence-corrected chi connectivity index (χ1v) is 7.80. The van der Waals surface area contributed by atoms with E-state index >= 15 is 0 Å². The van der Waals surface area contributed by atoms with Gasteiger partial charge in [0.05, 0.1) is 11.2 Å². The van der Waals surface area contributed by atoms with Crippen molar-refractivity contribution in [3.8, 4) is 0 Å². The molecule has 0 amide bonds. The third-order valence-corrected chi connectivity index (χ3v) is 5.52. The lowest BCUT2D eigenvalue weighted by atomic mass is 9.77. The summed E-state index contributed by atoms with van der Waals surface area (Å²) in [5.41, 5.74) is 12.4. The zero-order chi connectivity index (χ0) is 13.3. The molecule has 0 spiro atoms. The number of thiazole rings is 1. The molecule has 1 heterocycles. The number of fused-ring (bicyclic) bond motifs is 1. The number of aromatic nitrogens is 1. The topological polar surface area (TPSA) is 38.9 Å². The minimum atomic E-state index is 0.188. The van der Waals surface area contributed by atoms with Gasteiger partial charge in [0.2, 0.25) is 0 Å². The van der Waals surface area contributed by atoms with Crippen molar-refractivity contribution in [2.75, 3.05) is 6.54 Å². The summed E-state index contributed by atoms with van der Waals surface area (Å²) >= 11 is 1.77. The van der Waals surface area contributed by atoms with Crippen molar-refractivity contribution in [3.63, 3.8) is 0 Å². The van der Waals surface area contributed by atoms with Gasteiger partial charge in [0.25, 0.3) is 0 Å². The lowest BCUT2D eigenvalue weighted by molar-refractivity contribution is 0.402. The molecule has 1 aliphatic rings. The van der Waals surface area contributed by atoms with Gasteiger partial charge in [0, 0.05) is 16.8 Å². The third kappa shape index (κ3) is 2.21. The second-order valence-electron chi connectivity index (χ2n) is 5.50. The first kappa shape index (κ1) is 12.8. The summed E-state index contributed by atoms with van der Waals surface area (Å²) in [5.74, 6) is 0. The average Bonchev–Trinajstić information content (AvgIpc) is 3.01. The Morgan fingerprint density at radius 2 is 2.21 bits per heavy atom. The number of hydrogen-bond acceptors (Lipinski definition) is 3. The number of aryl methyl sites for hydroxylation is 3. The molecule has 1 unspecified atom stereocenters. The molecule has 2 nitrogen and oxygen atoms in total. The second-order valence-corrected chi connectivity index (χ2v) is 6.44. The van der Waals surface area contributed by atoms with Crippen molar-refractivity contribution in [1.82, 2.24) is 4.98 Å². The minimum Gasteiger partial charge on any atom is -0.330 e. The maximum Gasteiger partial charge on any atom is 0.0797 e. The zero-order valence-electron chi connectivity index (χ0n) is 11.4. The molecule has 1 atom stereocenters. The maximum absolute atomic E-state index is 6.15. The van der Waals surface area contributed by atoms with Crippen molar-refractivity contribution in [3.05, 3.63) is 51.5 Å². The van der Waals surface area contributed by atoms with Crippen LogP contribution in [0.25, 0.3) is 0 Å². The van der Waals surface area contributed by atoms with Crippen LogP contribution >= 0.6 is 11.3 Å². The van der Waals surface area contributed by atoms with Crippen molar-refractivity contribution < 1.29 is 0 Å². The molecule has 0 saturated heterocycles. The lowest BCUT2D eigenvalue weighted by Crippen LogP contribution is -2.33. The van der Waals surface area contributed by atoms with Gasteiger partial charge in [-0.3, -0.25) is 0 Å². The Morgan fingerprint density at radius 1 is 1.37 bits per heavy atom. The lowest BCUT2D eigenvalue weighted by Gasteiger charge is -2.29. The predicted octanol–water partition coefficient (Wildman–Crippen LogP) is 3.23. The molecular weight excluding hydrogens is 252 g/mol. The monoisotopic (exact) mass is 272 g/mol. The van der Waals surface area contributed by atoms with Gasteiger partial charge in [-0.25, -0.2) is 4.98 Å². The molecule has 3 heteroatoms. The van der Waals surface area contributed by atoms with E-state index in [-0.39, 0.29) is 5.41 Å². The summed E-state index contributed by atoms with van der Waals surface area (Å²) in [4.78, 5) is 5.76. The van der Waals surface area contributed by atoms with Gasteiger partial charge in [-0.05, 0) is 43.7 Å². The Hall–Kier alpha value is -1.19. The van der Waals surface area contributed by atoms with Crippen LogP contribution in [0.4, 0.5) is 0 Å². The van der Waals surface area contributed by atoms with Crippen molar-refractivity contribution in [2.24, 2.45) is 5.73 Å². The number of nitrogens with two attached hydrogens (primary N) is 1. The molecule has 0 radical (unpaired) electrons. The smallest absolute Gasteiger partial charge is 0.0797 e. The SMILES string of the molecule is Cc1ncsc1CCC1(CN)CCc2ccccc21. The molecular formula is C16H20N2S. The summed E-state index contributed by atoms with van der Waals surface area (Å²) < 4.78 is 0. The first-order chi connectivity index (χ1) is 9.25. The largest absolute Gasteiger partial charge is 0.330 e. The molecule has 0 aliphatic heterocycles. The van der Waals surface area contributed by atoms with Gasteiger partial charge < -0.3 is 5.73 Å². The van der Waals surface area contributed by atoms with E-state index in [1.165, 1.54) is 34.5 Å². The van der Waals surface area contributed by atoms with Gasteiger partial charge in [-0.2, -0.15) is 0 Å². The normalized spacial score (nSPS) is 21.6. The van der Waals surface area contributed by atoms with E-state index in [1.807, 2.05) is 5.51 Å².